The molecule has 0 fully saturated rings. The summed E-state index contributed by atoms with van der Waals surface area (Å²) in [5.74, 6) is 4.23. The molecule has 0 bridgehead atoms. The first kappa shape index (κ1) is 10.1. The van der Waals surface area contributed by atoms with Crippen molar-refractivity contribution in [3.05, 3.63) is 23.5 Å². The van der Waals surface area contributed by atoms with Crippen LogP contribution in [-0.2, 0) is 4.79 Å². The Morgan fingerprint density at radius 3 is 3.00 bits per heavy atom. The van der Waals surface area contributed by atoms with Crippen LogP contribution < -0.4 is 5.73 Å². The van der Waals surface area contributed by atoms with E-state index in [0.29, 0.717) is 11.3 Å². The van der Waals surface area contributed by atoms with Crippen molar-refractivity contribution in [1.29, 1.82) is 0 Å². The molecule has 0 saturated carbocycles. The lowest BCUT2D eigenvalue weighted by Crippen LogP contribution is -1.94. The number of anilines is 1. The summed E-state index contributed by atoms with van der Waals surface area (Å²) in [5, 5.41) is 8.35. The molecule has 72 valence electrons. The number of carbonyl (C=O) groups is 1. The average Bonchev–Trinajstić information content (AvgIpc) is 2.10. The lowest BCUT2D eigenvalue weighted by atomic mass is 10.2. The fourth-order valence-electron chi connectivity index (χ4n) is 0.840. The Hall–Kier alpha value is -2.02. The number of hydrogen-bond acceptors (Lipinski definition) is 3. The van der Waals surface area contributed by atoms with Crippen molar-refractivity contribution in [2.45, 2.75) is 13.3 Å². The number of aromatic nitrogens is 1. The van der Waals surface area contributed by atoms with Gasteiger partial charge in [-0.25, -0.2) is 0 Å². The van der Waals surface area contributed by atoms with Crippen molar-refractivity contribution in [3.63, 3.8) is 0 Å². The fraction of sp³-hybridized carbons (Fsp3) is 0.200. The van der Waals surface area contributed by atoms with Crippen LogP contribution in [-0.4, -0.2) is 16.1 Å². The number of carboxylic acid groups (broad SMARTS) is 1. The van der Waals surface area contributed by atoms with Gasteiger partial charge in [0.2, 0.25) is 0 Å². The van der Waals surface area contributed by atoms with Crippen molar-refractivity contribution in [3.8, 4) is 11.8 Å². The van der Waals surface area contributed by atoms with Crippen LogP contribution in [0.1, 0.15) is 17.7 Å². The van der Waals surface area contributed by atoms with Gasteiger partial charge in [0.25, 0.3) is 0 Å². The van der Waals surface area contributed by atoms with Crippen molar-refractivity contribution in [1.82, 2.24) is 4.98 Å². The van der Waals surface area contributed by atoms with Gasteiger partial charge in [-0.2, -0.15) is 0 Å². The van der Waals surface area contributed by atoms with E-state index in [1.807, 2.05) is 0 Å². The highest BCUT2D eigenvalue weighted by Gasteiger charge is 1.95. The summed E-state index contributed by atoms with van der Waals surface area (Å²) in [6.07, 6.45) is 1.40. The molecule has 14 heavy (non-hydrogen) atoms. The molecular formula is C10H10N2O2. The maximum absolute atomic E-state index is 10.2. The first-order chi connectivity index (χ1) is 6.59. The van der Waals surface area contributed by atoms with E-state index in [9.17, 15) is 4.79 Å². The molecular weight excluding hydrogens is 180 g/mol. The molecule has 0 spiro atoms. The largest absolute Gasteiger partial charge is 0.481 e. The second-order valence-corrected chi connectivity index (χ2v) is 2.77. The molecule has 0 unspecified atom stereocenters. The zero-order valence-corrected chi connectivity index (χ0v) is 7.74. The van der Waals surface area contributed by atoms with Gasteiger partial charge in [0.15, 0.2) is 0 Å². The van der Waals surface area contributed by atoms with E-state index < -0.39 is 5.97 Å². The van der Waals surface area contributed by atoms with Gasteiger partial charge < -0.3 is 10.8 Å². The molecule has 1 aromatic rings. The highest BCUT2D eigenvalue weighted by atomic mass is 16.4. The number of rotatable bonds is 1. The highest BCUT2D eigenvalue weighted by molar-refractivity contribution is 5.70. The molecule has 1 aromatic heterocycles. The second kappa shape index (κ2) is 4.28. The summed E-state index contributed by atoms with van der Waals surface area (Å²) in [6.45, 7) is 1.80. The number of hydrogen-bond donors (Lipinski definition) is 2. The summed E-state index contributed by atoms with van der Waals surface area (Å²) in [6, 6.07) is 1.68. The fourth-order valence-corrected chi connectivity index (χ4v) is 0.840. The number of nitrogens with two attached hydrogens (primary N) is 1. The smallest absolute Gasteiger partial charge is 0.315 e. The molecule has 0 saturated heterocycles. The van der Waals surface area contributed by atoms with Crippen LogP contribution in [0.25, 0.3) is 0 Å². The molecule has 0 radical (unpaired) electrons. The summed E-state index contributed by atoms with van der Waals surface area (Å²) in [7, 11) is 0. The van der Waals surface area contributed by atoms with Gasteiger partial charge in [-0.3, -0.25) is 9.78 Å². The Bertz CT molecular complexity index is 416. The number of pyridine rings is 1. The minimum Gasteiger partial charge on any atom is -0.481 e. The van der Waals surface area contributed by atoms with Crippen LogP contribution in [0.15, 0.2) is 12.3 Å². The predicted octanol–water partition coefficient (Wildman–Crippen LogP) is 0.798. The zero-order valence-electron chi connectivity index (χ0n) is 7.74. The van der Waals surface area contributed by atoms with Gasteiger partial charge in [-0.1, -0.05) is 11.8 Å². The number of nitrogens with zero attached hydrogens (tertiary/aromatic N) is 1. The molecule has 4 heteroatoms. The van der Waals surface area contributed by atoms with Gasteiger partial charge in [0.05, 0.1) is 11.4 Å². The minimum absolute atomic E-state index is 0.173. The Morgan fingerprint density at radius 2 is 2.43 bits per heavy atom. The zero-order chi connectivity index (χ0) is 10.6. The SMILES string of the molecule is Cc1ncc(C#CCC(=O)O)cc1N. The molecule has 0 aliphatic rings. The molecule has 0 aliphatic heterocycles. The molecule has 3 N–H and O–H groups in total. The standard InChI is InChI=1S/C10H10N2O2/c1-7-9(11)5-8(6-12-7)3-2-4-10(13)14/h5-6H,4,11H2,1H3,(H,13,14). The van der Waals surface area contributed by atoms with Crippen molar-refractivity contribution in [2.75, 3.05) is 5.73 Å². The van der Waals surface area contributed by atoms with Gasteiger partial charge in [-0.05, 0) is 13.0 Å². The van der Waals surface area contributed by atoms with Gasteiger partial charge >= 0.3 is 5.97 Å². The molecule has 0 aliphatic carbocycles. The van der Waals surface area contributed by atoms with Crippen LogP contribution in [0.4, 0.5) is 5.69 Å². The molecule has 1 heterocycles. The van der Waals surface area contributed by atoms with Crippen LogP contribution in [0.2, 0.25) is 0 Å². The first-order valence-corrected chi connectivity index (χ1v) is 4.02. The molecule has 1 rings (SSSR count). The van der Waals surface area contributed by atoms with Gasteiger partial charge in [0.1, 0.15) is 6.42 Å². The quantitative estimate of drug-likeness (QED) is 0.642. The van der Waals surface area contributed by atoms with E-state index in [0.717, 1.165) is 5.69 Å². The maximum atomic E-state index is 10.2. The lowest BCUT2D eigenvalue weighted by molar-refractivity contribution is -0.135. The van der Waals surface area contributed by atoms with Crippen molar-refractivity contribution in [2.24, 2.45) is 0 Å². The van der Waals surface area contributed by atoms with Gasteiger partial charge in [0, 0.05) is 11.8 Å². The molecule has 4 nitrogen and oxygen atoms in total. The predicted molar refractivity (Wildman–Crippen MR) is 52.5 cm³/mol. The summed E-state index contributed by atoms with van der Waals surface area (Å²) >= 11 is 0. The third kappa shape index (κ3) is 2.79. The third-order valence-corrected chi connectivity index (χ3v) is 1.60. The summed E-state index contributed by atoms with van der Waals surface area (Å²) in [5.41, 5.74) is 7.55. The van der Waals surface area contributed by atoms with Crippen molar-refractivity contribution >= 4 is 11.7 Å². The topological polar surface area (TPSA) is 76.2 Å². The second-order valence-electron chi connectivity index (χ2n) is 2.77. The lowest BCUT2D eigenvalue weighted by Gasteiger charge is -1.97. The third-order valence-electron chi connectivity index (χ3n) is 1.60. The number of aliphatic carboxylic acids is 1. The van der Waals surface area contributed by atoms with E-state index in [1.54, 1.807) is 19.2 Å². The Balaban J connectivity index is 2.81. The Kier molecular flexibility index (Phi) is 3.08. The first-order valence-electron chi connectivity index (χ1n) is 4.02. The van der Waals surface area contributed by atoms with Crippen LogP contribution in [0, 0.1) is 18.8 Å². The van der Waals surface area contributed by atoms with E-state index >= 15 is 0 Å². The Labute approximate surface area is 81.8 Å². The molecule has 0 aromatic carbocycles. The molecule has 0 amide bonds. The maximum Gasteiger partial charge on any atom is 0.315 e. The van der Waals surface area contributed by atoms with Gasteiger partial charge in [-0.15, -0.1) is 0 Å². The van der Waals surface area contributed by atoms with Crippen LogP contribution in [0.5, 0.6) is 0 Å². The summed E-state index contributed by atoms with van der Waals surface area (Å²) in [4.78, 5) is 14.2. The number of aryl methyl sites for hydroxylation is 1. The number of carboxylic acids is 1. The monoisotopic (exact) mass is 190 g/mol. The number of nitrogen functional groups attached to an aromatic ring is 1. The van der Waals surface area contributed by atoms with E-state index in [-0.39, 0.29) is 6.42 Å². The average molecular weight is 190 g/mol. The van der Waals surface area contributed by atoms with E-state index in [1.165, 1.54) is 0 Å². The molecule has 0 atom stereocenters. The summed E-state index contributed by atoms with van der Waals surface area (Å²) < 4.78 is 0. The Morgan fingerprint density at radius 1 is 1.71 bits per heavy atom. The van der Waals surface area contributed by atoms with Crippen LogP contribution in [0.3, 0.4) is 0 Å². The van der Waals surface area contributed by atoms with Crippen molar-refractivity contribution < 1.29 is 9.90 Å². The minimum atomic E-state index is -0.939. The highest BCUT2D eigenvalue weighted by Crippen LogP contribution is 2.08. The van der Waals surface area contributed by atoms with E-state index in [4.69, 9.17) is 10.8 Å². The van der Waals surface area contributed by atoms with E-state index in [2.05, 4.69) is 16.8 Å². The normalized spacial score (nSPS) is 8.93. The van der Waals surface area contributed by atoms with Crippen LogP contribution >= 0.6 is 0 Å².